The summed E-state index contributed by atoms with van der Waals surface area (Å²) >= 11 is 0. The smallest absolute Gasteiger partial charge is 0.337 e. The van der Waals surface area contributed by atoms with Crippen LogP contribution in [-0.2, 0) is 11.2 Å². The number of nitrogens with zero attached hydrogens (tertiary/aromatic N) is 7. The number of halogens is 2. The first kappa shape index (κ1) is 32.1. The second-order valence-electron chi connectivity index (χ2n) is 8.82. The number of hydrogen-bond acceptors (Lipinski definition) is 12. The Morgan fingerprint density at radius 1 is 1.00 bits per heavy atom. The number of hydrogen-bond donors (Lipinski definition) is 6. The zero-order valence-corrected chi connectivity index (χ0v) is 22.9. The first-order chi connectivity index (χ1) is 22.0. The first-order valence-electron chi connectivity index (χ1n) is 12.6. The van der Waals surface area contributed by atoms with E-state index in [4.69, 9.17) is 15.7 Å². The summed E-state index contributed by atoms with van der Waals surface area (Å²) in [6.45, 7) is -0.437. The summed E-state index contributed by atoms with van der Waals surface area (Å²) in [6, 6.07) is 5.82. The minimum absolute atomic E-state index is 0.179. The van der Waals surface area contributed by atoms with Crippen molar-refractivity contribution in [3.05, 3.63) is 82.6 Å². The zero-order chi connectivity index (χ0) is 33.4. The zero-order valence-electron chi connectivity index (χ0n) is 22.9. The highest BCUT2D eigenvalue weighted by molar-refractivity contribution is 6.46. The first-order valence-corrected chi connectivity index (χ1v) is 12.6. The second-order valence-corrected chi connectivity index (χ2v) is 8.82. The van der Waals surface area contributed by atoms with Crippen molar-refractivity contribution < 1.29 is 42.9 Å². The summed E-state index contributed by atoms with van der Waals surface area (Å²) < 4.78 is 36.0. The molecular weight excluding hydrogens is 616 g/mol. The number of carboxylic acid groups (broad SMARTS) is 2. The van der Waals surface area contributed by atoms with Gasteiger partial charge in [0.15, 0.2) is 22.9 Å². The molecule has 0 atom stereocenters. The normalized spacial score (nSPS) is 11.1. The van der Waals surface area contributed by atoms with Crippen LogP contribution >= 0.6 is 0 Å². The molecule has 2 amide bonds. The van der Waals surface area contributed by atoms with E-state index < -0.39 is 70.3 Å². The number of nitrogens with one attached hydrogen (secondary N) is 4. The molecule has 2 aromatic carbocycles. The van der Waals surface area contributed by atoms with Crippen LogP contribution in [0.15, 0.2) is 58.9 Å². The number of benzene rings is 2. The lowest BCUT2D eigenvalue weighted by molar-refractivity contribution is -0.110. The third-order valence-corrected chi connectivity index (χ3v) is 5.86. The molecule has 234 valence electrons. The molecule has 0 aliphatic rings. The van der Waals surface area contributed by atoms with E-state index in [2.05, 4.69) is 41.6 Å². The second kappa shape index (κ2) is 14.1. The van der Waals surface area contributed by atoms with Gasteiger partial charge in [-0.2, -0.15) is 5.53 Å². The van der Waals surface area contributed by atoms with Crippen LogP contribution in [-0.4, -0.2) is 77.8 Å². The number of ether oxygens (including phenoxy) is 1. The van der Waals surface area contributed by atoms with Crippen molar-refractivity contribution >= 4 is 52.7 Å². The van der Waals surface area contributed by atoms with Gasteiger partial charge in [-0.25, -0.2) is 18.4 Å². The maximum atomic E-state index is 15.0. The van der Waals surface area contributed by atoms with Crippen LogP contribution in [0.3, 0.4) is 0 Å². The fourth-order valence-electron chi connectivity index (χ4n) is 3.74. The summed E-state index contributed by atoms with van der Waals surface area (Å²) in [5, 5.41) is 51.7. The Morgan fingerprint density at radius 3 is 2.43 bits per heavy atom. The minimum atomic E-state index is -1.60. The molecular formula is C26H19F2N11O7. The number of carbonyl (C=O) groups excluding carboxylic acids is 2. The summed E-state index contributed by atoms with van der Waals surface area (Å²) in [5.41, 5.74) is 3.81. The Morgan fingerprint density at radius 2 is 1.72 bits per heavy atom. The number of tetrazole rings is 1. The van der Waals surface area contributed by atoms with Crippen molar-refractivity contribution in [3.8, 4) is 5.75 Å². The van der Waals surface area contributed by atoms with E-state index in [1.54, 1.807) is 0 Å². The molecule has 2 heterocycles. The highest BCUT2D eigenvalue weighted by Gasteiger charge is 2.21. The standard InChI is InChI=1S/C26H19F2N11O7/c27-15-10-19(33-24(41)18-3-4-22-34-37-38-39(22)35-18)13(25(42)43)8-12(15)5-7-46-21-11-20(14(26(44)45)9-16(21)28)32-23(40)17(29)2-1-6-31-36-30/h1-4,6,8-11,29-30H,5,7H2,(H,32,40)(H,33,41)(H,42,43)(H,44,45)/b2-1-,29-17?,31-6+,36-30?. The van der Waals surface area contributed by atoms with Crippen LogP contribution in [0.4, 0.5) is 20.2 Å². The molecule has 0 aliphatic heterocycles. The van der Waals surface area contributed by atoms with E-state index in [-0.39, 0.29) is 29.0 Å². The number of carboxylic acids is 2. The Bertz CT molecular complexity index is 1960. The Hall–Kier alpha value is -6.86. The van der Waals surface area contributed by atoms with Crippen LogP contribution in [0.5, 0.6) is 5.75 Å². The van der Waals surface area contributed by atoms with Crippen molar-refractivity contribution in [3.63, 3.8) is 0 Å². The molecule has 0 fully saturated rings. The number of rotatable bonds is 13. The number of aromatic nitrogens is 5. The monoisotopic (exact) mass is 635 g/mol. The van der Waals surface area contributed by atoms with E-state index in [1.165, 1.54) is 12.1 Å². The van der Waals surface area contributed by atoms with Gasteiger partial charge in [-0.15, -0.1) is 19.9 Å². The molecule has 2 aromatic heterocycles. The largest absolute Gasteiger partial charge is 0.490 e. The third kappa shape index (κ3) is 7.55. The van der Waals surface area contributed by atoms with E-state index in [0.29, 0.717) is 6.07 Å². The predicted molar refractivity (Wildman–Crippen MR) is 152 cm³/mol. The van der Waals surface area contributed by atoms with Crippen molar-refractivity contribution in [2.75, 3.05) is 17.2 Å². The molecule has 4 aromatic rings. The summed E-state index contributed by atoms with van der Waals surface area (Å²) in [7, 11) is 0. The average molecular weight is 636 g/mol. The van der Waals surface area contributed by atoms with Gasteiger partial charge in [0.2, 0.25) is 0 Å². The van der Waals surface area contributed by atoms with Gasteiger partial charge in [0.1, 0.15) is 11.5 Å². The van der Waals surface area contributed by atoms with Gasteiger partial charge >= 0.3 is 11.9 Å². The van der Waals surface area contributed by atoms with Crippen molar-refractivity contribution in [1.82, 2.24) is 25.3 Å². The SMILES string of the molecule is N=N/N=C/C=C\C(=N)C(=O)Nc1cc(OCCc2cc(C(=O)O)c(NC(=O)c3ccc4nnnn4n3)cc2F)c(F)cc1C(=O)O. The molecule has 20 heteroatoms. The summed E-state index contributed by atoms with van der Waals surface area (Å²) in [6.07, 6.45) is 2.82. The molecule has 0 unspecified atom stereocenters. The predicted octanol–water partition coefficient (Wildman–Crippen LogP) is 2.60. The highest BCUT2D eigenvalue weighted by Crippen LogP contribution is 2.28. The van der Waals surface area contributed by atoms with Crippen molar-refractivity contribution in [2.24, 2.45) is 10.3 Å². The lowest BCUT2D eigenvalue weighted by Gasteiger charge is -2.14. The Kier molecular flexibility index (Phi) is 9.81. The third-order valence-electron chi connectivity index (χ3n) is 5.86. The lowest BCUT2D eigenvalue weighted by atomic mass is 10.0. The van der Waals surface area contributed by atoms with Crippen LogP contribution in [0.1, 0.15) is 36.8 Å². The quantitative estimate of drug-likeness (QED) is 0.0706. The number of allylic oxidation sites excluding steroid dienone is 1. The minimum Gasteiger partial charge on any atom is -0.490 e. The maximum Gasteiger partial charge on any atom is 0.337 e. The summed E-state index contributed by atoms with van der Waals surface area (Å²) in [5.74, 6) is -7.67. The van der Waals surface area contributed by atoms with Gasteiger partial charge in [-0.1, -0.05) is 5.22 Å². The average Bonchev–Trinajstić information content (AvgIpc) is 3.49. The van der Waals surface area contributed by atoms with Crippen LogP contribution in [0, 0.1) is 22.6 Å². The Labute approximate surface area is 254 Å². The number of aromatic carboxylic acids is 2. The molecule has 0 bridgehead atoms. The van der Waals surface area contributed by atoms with E-state index >= 15 is 0 Å². The van der Waals surface area contributed by atoms with E-state index in [1.807, 2.05) is 0 Å². The Balaban J connectivity index is 1.49. The molecule has 4 rings (SSSR count). The number of amides is 2. The molecule has 0 radical (unpaired) electrons. The van der Waals surface area contributed by atoms with Gasteiger partial charge in [0, 0.05) is 12.5 Å². The molecule has 0 spiro atoms. The molecule has 18 nitrogen and oxygen atoms in total. The molecule has 0 aliphatic carbocycles. The molecule has 46 heavy (non-hydrogen) atoms. The van der Waals surface area contributed by atoms with Gasteiger partial charge < -0.3 is 25.6 Å². The molecule has 0 saturated heterocycles. The van der Waals surface area contributed by atoms with Crippen molar-refractivity contribution in [2.45, 2.75) is 6.42 Å². The van der Waals surface area contributed by atoms with Gasteiger partial charge in [-0.05, 0) is 58.5 Å². The lowest BCUT2D eigenvalue weighted by Crippen LogP contribution is -2.22. The van der Waals surface area contributed by atoms with Crippen LogP contribution < -0.4 is 15.4 Å². The fraction of sp³-hybridized carbons (Fsp3) is 0.0769. The van der Waals surface area contributed by atoms with E-state index in [9.17, 15) is 38.2 Å². The number of fused-ring (bicyclic) bond motifs is 1. The van der Waals surface area contributed by atoms with Crippen molar-refractivity contribution in [1.29, 1.82) is 10.9 Å². The van der Waals surface area contributed by atoms with Crippen LogP contribution in [0.2, 0.25) is 0 Å². The number of anilines is 2. The summed E-state index contributed by atoms with van der Waals surface area (Å²) in [4.78, 5) is 48.5. The van der Waals surface area contributed by atoms with E-state index in [0.717, 1.165) is 41.2 Å². The molecule has 6 N–H and O–H groups in total. The van der Waals surface area contributed by atoms with Crippen LogP contribution in [0.25, 0.3) is 5.65 Å². The fourth-order valence-corrected chi connectivity index (χ4v) is 3.74. The number of carbonyl (C=O) groups is 4. The van der Waals surface area contributed by atoms with Gasteiger partial charge in [-0.3, -0.25) is 15.0 Å². The maximum absolute atomic E-state index is 15.0. The highest BCUT2D eigenvalue weighted by atomic mass is 19.1. The van der Waals surface area contributed by atoms with Gasteiger partial charge in [0.25, 0.3) is 11.8 Å². The topological polar surface area (TPSA) is 270 Å². The van der Waals surface area contributed by atoms with Gasteiger partial charge in [0.05, 0.1) is 35.3 Å². The molecule has 0 saturated carbocycles.